The van der Waals surface area contributed by atoms with Crippen LogP contribution in [0.1, 0.15) is 38.7 Å². The number of thiazole rings is 1. The zero-order valence-electron chi connectivity index (χ0n) is 10.1. The largest absolute Gasteiger partial charge is 0.317 e. The third-order valence-corrected chi connectivity index (χ3v) is 3.80. The van der Waals surface area contributed by atoms with E-state index in [1.807, 2.05) is 0 Å². The summed E-state index contributed by atoms with van der Waals surface area (Å²) < 4.78 is 3.34. The SMILES string of the molecule is CCCn1c(=N)sc2cc(C(C)C)ccc21. The van der Waals surface area contributed by atoms with Gasteiger partial charge in [-0.3, -0.25) is 5.41 Å². The second-order valence-electron chi connectivity index (χ2n) is 4.44. The van der Waals surface area contributed by atoms with Crippen molar-refractivity contribution in [3.8, 4) is 0 Å². The minimum Gasteiger partial charge on any atom is -0.317 e. The molecular weight excluding hydrogens is 216 g/mol. The molecule has 0 bridgehead atoms. The fourth-order valence-electron chi connectivity index (χ4n) is 1.91. The lowest BCUT2D eigenvalue weighted by Crippen LogP contribution is -2.12. The fourth-order valence-corrected chi connectivity index (χ4v) is 2.89. The standard InChI is InChI=1S/C13H18N2S/c1-4-7-15-11-6-5-10(9(2)3)8-12(11)16-13(15)14/h5-6,8-9,14H,4,7H2,1-3H3. The molecule has 0 aliphatic heterocycles. The topological polar surface area (TPSA) is 28.8 Å². The van der Waals surface area contributed by atoms with Gasteiger partial charge in [0.05, 0.1) is 10.2 Å². The van der Waals surface area contributed by atoms with E-state index in [-0.39, 0.29) is 0 Å². The molecule has 86 valence electrons. The highest BCUT2D eigenvalue weighted by Crippen LogP contribution is 2.23. The first-order valence-corrected chi connectivity index (χ1v) is 6.63. The zero-order chi connectivity index (χ0) is 11.7. The van der Waals surface area contributed by atoms with E-state index in [0.29, 0.717) is 10.7 Å². The Bertz CT molecular complexity index is 549. The Kier molecular flexibility index (Phi) is 3.15. The molecule has 0 unspecified atom stereocenters. The number of aromatic nitrogens is 1. The van der Waals surface area contributed by atoms with Crippen LogP contribution in [0.2, 0.25) is 0 Å². The predicted octanol–water partition coefficient (Wildman–Crippen LogP) is 3.72. The van der Waals surface area contributed by atoms with Crippen LogP contribution >= 0.6 is 11.3 Å². The number of rotatable bonds is 3. The molecule has 1 heterocycles. The smallest absolute Gasteiger partial charge is 0.182 e. The molecule has 1 aromatic heterocycles. The second kappa shape index (κ2) is 4.42. The zero-order valence-corrected chi connectivity index (χ0v) is 10.9. The van der Waals surface area contributed by atoms with Gasteiger partial charge >= 0.3 is 0 Å². The number of nitrogens with one attached hydrogen (secondary N) is 1. The maximum atomic E-state index is 7.96. The Hall–Kier alpha value is -1.09. The number of fused-ring (bicyclic) bond motifs is 1. The van der Waals surface area contributed by atoms with Crippen LogP contribution in [0.3, 0.4) is 0 Å². The summed E-state index contributed by atoms with van der Waals surface area (Å²) in [6.07, 6.45) is 1.08. The molecule has 0 aliphatic rings. The molecule has 0 spiro atoms. The van der Waals surface area contributed by atoms with E-state index in [4.69, 9.17) is 5.41 Å². The molecule has 0 fully saturated rings. The Morgan fingerprint density at radius 3 is 2.75 bits per heavy atom. The lowest BCUT2D eigenvalue weighted by Gasteiger charge is -2.06. The van der Waals surface area contributed by atoms with Gasteiger partial charge in [-0.25, -0.2) is 0 Å². The predicted molar refractivity (Wildman–Crippen MR) is 70.0 cm³/mol. The molecule has 2 aromatic rings. The Balaban J connectivity index is 2.60. The van der Waals surface area contributed by atoms with Gasteiger partial charge in [0.1, 0.15) is 0 Å². The first-order chi connectivity index (χ1) is 7.63. The minimum absolute atomic E-state index is 0.556. The van der Waals surface area contributed by atoms with Crippen LogP contribution in [-0.4, -0.2) is 4.57 Å². The number of aryl methyl sites for hydroxylation is 1. The molecule has 0 amide bonds. The normalized spacial score (nSPS) is 11.5. The average molecular weight is 234 g/mol. The number of nitrogens with zero attached hydrogens (tertiary/aromatic N) is 1. The van der Waals surface area contributed by atoms with Gasteiger partial charge in [-0.15, -0.1) is 0 Å². The van der Waals surface area contributed by atoms with Crippen molar-refractivity contribution >= 4 is 21.6 Å². The van der Waals surface area contributed by atoms with Crippen molar-refractivity contribution in [3.63, 3.8) is 0 Å². The molecule has 0 radical (unpaired) electrons. The minimum atomic E-state index is 0.556. The van der Waals surface area contributed by atoms with Gasteiger partial charge in [0.15, 0.2) is 4.80 Å². The van der Waals surface area contributed by atoms with E-state index < -0.39 is 0 Å². The van der Waals surface area contributed by atoms with Crippen LogP contribution in [0.25, 0.3) is 10.2 Å². The van der Waals surface area contributed by atoms with Gasteiger partial charge in [0.2, 0.25) is 0 Å². The van der Waals surface area contributed by atoms with Crippen LogP contribution in [0.4, 0.5) is 0 Å². The molecule has 0 atom stereocenters. The van der Waals surface area contributed by atoms with Gasteiger partial charge in [-0.1, -0.05) is 38.2 Å². The van der Waals surface area contributed by atoms with Crippen LogP contribution in [0.15, 0.2) is 18.2 Å². The van der Waals surface area contributed by atoms with Crippen LogP contribution in [0.5, 0.6) is 0 Å². The molecule has 0 saturated heterocycles. The maximum absolute atomic E-state index is 7.96. The van der Waals surface area contributed by atoms with E-state index in [1.165, 1.54) is 15.8 Å². The fraction of sp³-hybridized carbons (Fsp3) is 0.462. The summed E-state index contributed by atoms with van der Waals surface area (Å²) in [7, 11) is 0. The Morgan fingerprint density at radius 1 is 1.38 bits per heavy atom. The van der Waals surface area contributed by atoms with Crippen LogP contribution in [-0.2, 0) is 6.54 Å². The summed E-state index contributed by atoms with van der Waals surface area (Å²) in [4.78, 5) is 0.665. The third kappa shape index (κ3) is 1.92. The first kappa shape index (κ1) is 11.4. The van der Waals surface area contributed by atoms with Crippen LogP contribution < -0.4 is 4.80 Å². The Morgan fingerprint density at radius 2 is 2.12 bits per heavy atom. The second-order valence-corrected chi connectivity index (χ2v) is 5.47. The molecule has 0 saturated carbocycles. The van der Waals surface area contributed by atoms with Crippen molar-refractivity contribution in [1.82, 2.24) is 4.57 Å². The summed E-state index contributed by atoms with van der Waals surface area (Å²) in [5.74, 6) is 0.556. The van der Waals surface area contributed by atoms with E-state index in [9.17, 15) is 0 Å². The number of benzene rings is 1. The van der Waals surface area contributed by atoms with Crippen molar-refractivity contribution in [2.45, 2.75) is 39.7 Å². The number of hydrogen-bond acceptors (Lipinski definition) is 2. The summed E-state index contributed by atoms with van der Waals surface area (Å²) >= 11 is 1.58. The molecule has 1 N–H and O–H groups in total. The van der Waals surface area contributed by atoms with Crippen molar-refractivity contribution in [2.24, 2.45) is 0 Å². The highest BCUT2D eigenvalue weighted by Gasteiger charge is 2.06. The van der Waals surface area contributed by atoms with Crippen molar-refractivity contribution < 1.29 is 0 Å². The lowest BCUT2D eigenvalue weighted by atomic mass is 10.0. The van der Waals surface area contributed by atoms with Gasteiger partial charge in [-0.05, 0) is 30.0 Å². The summed E-state index contributed by atoms with van der Waals surface area (Å²) in [6.45, 7) is 7.51. The molecule has 3 heteroatoms. The molecule has 16 heavy (non-hydrogen) atoms. The highest BCUT2D eigenvalue weighted by atomic mass is 32.1. The summed E-state index contributed by atoms with van der Waals surface area (Å²) in [6, 6.07) is 6.58. The molecule has 2 nitrogen and oxygen atoms in total. The average Bonchev–Trinajstić information content (AvgIpc) is 2.55. The summed E-state index contributed by atoms with van der Waals surface area (Å²) in [5, 5.41) is 7.96. The number of hydrogen-bond donors (Lipinski definition) is 1. The monoisotopic (exact) mass is 234 g/mol. The lowest BCUT2D eigenvalue weighted by molar-refractivity contribution is 0.676. The molecular formula is C13H18N2S. The third-order valence-electron chi connectivity index (χ3n) is 2.84. The van der Waals surface area contributed by atoms with E-state index in [2.05, 4.69) is 43.5 Å². The maximum Gasteiger partial charge on any atom is 0.182 e. The van der Waals surface area contributed by atoms with Gasteiger partial charge < -0.3 is 4.57 Å². The van der Waals surface area contributed by atoms with Crippen LogP contribution in [0, 0.1) is 5.41 Å². The van der Waals surface area contributed by atoms with E-state index in [0.717, 1.165) is 13.0 Å². The molecule has 0 aliphatic carbocycles. The Labute approximate surface area is 100 Å². The van der Waals surface area contributed by atoms with Crippen molar-refractivity contribution in [1.29, 1.82) is 5.41 Å². The first-order valence-electron chi connectivity index (χ1n) is 5.81. The van der Waals surface area contributed by atoms with E-state index >= 15 is 0 Å². The highest BCUT2D eigenvalue weighted by molar-refractivity contribution is 7.16. The molecule has 2 rings (SSSR count). The van der Waals surface area contributed by atoms with Crippen molar-refractivity contribution in [3.05, 3.63) is 28.6 Å². The quantitative estimate of drug-likeness (QED) is 0.838. The van der Waals surface area contributed by atoms with E-state index in [1.54, 1.807) is 11.3 Å². The van der Waals surface area contributed by atoms with Crippen molar-refractivity contribution in [2.75, 3.05) is 0 Å². The van der Waals surface area contributed by atoms with Gasteiger partial charge in [-0.2, -0.15) is 0 Å². The van der Waals surface area contributed by atoms with Gasteiger partial charge in [0.25, 0.3) is 0 Å². The summed E-state index contributed by atoms with van der Waals surface area (Å²) in [5.41, 5.74) is 2.57. The van der Waals surface area contributed by atoms with Gasteiger partial charge in [0, 0.05) is 6.54 Å². The molecule has 1 aromatic carbocycles.